The molecular formula is C12H26N2. The van der Waals surface area contributed by atoms with Crippen molar-refractivity contribution in [1.82, 2.24) is 10.2 Å². The summed E-state index contributed by atoms with van der Waals surface area (Å²) >= 11 is 0. The van der Waals surface area contributed by atoms with Crippen LogP contribution in [0.1, 0.15) is 46.5 Å². The molecule has 84 valence electrons. The van der Waals surface area contributed by atoms with E-state index in [0.717, 1.165) is 12.1 Å². The fraction of sp³-hybridized carbons (Fsp3) is 1.00. The highest BCUT2D eigenvalue weighted by molar-refractivity contribution is 4.86. The van der Waals surface area contributed by atoms with Gasteiger partial charge in [-0.05, 0) is 39.7 Å². The van der Waals surface area contributed by atoms with E-state index in [1.165, 1.54) is 32.2 Å². The van der Waals surface area contributed by atoms with E-state index in [4.69, 9.17) is 0 Å². The van der Waals surface area contributed by atoms with Gasteiger partial charge >= 0.3 is 0 Å². The predicted octanol–water partition coefficient (Wildman–Crippen LogP) is 2.25. The number of nitrogens with one attached hydrogen (secondary N) is 1. The predicted molar refractivity (Wildman–Crippen MR) is 62.6 cm³/mol. The van der Waals surface area contributed by atoms with E-state index >= 15 is 0 Å². The van der Waals surface area contributed by atoms with Gasteiger partial charge < -0.3 is 5.32 Å². The number of likely N-dealkylation sites (N-methyl/N-ethyl adjacent to an activating group) is 1. The normalized spacial score (nSPS) is 30.9. The Bertz CT molecular complexity index is 154. The molecule has 3 unspecified atom stereocenters. The van der Waals surface area contributed by atoms with Gasteiger partial charge in [0.2, 0.25) is 0 Å². The maximum Gasteiger partial charge on any atom is 0.0189 e. The highest BCUT2D eigenvalue weighted by Crippen LogP contribution is 2.26. The standard InChI is InChI=1S/C12H26N2/c1-5-11(13-4)9-14-10(3)7-8-12(14)6-2/h10-13H,5-9H2,1-4H3. The number of rotatable bonds is 5. The van der Waals surface area contributed by atoms with Gasteiger partial charge in [-0.3, -0.25) is 4.90 Å². The van der Waals surface area contributed by atoms with Crippen molar-refractivity contribution in [3.05, 3.63) is 0 Å². The van der Waals surface area contributed by atoms with Crippen LogP contribution >= 0.6 is 0 Å². The van der Waals surface area contributed by atoms with Crippen molar-refractivity contribution in [2.24, 2.45) is 0 Å². The number of hydrogen-bond acceptors (Lipinski definition) is 2. The summed E-state index contributed by atoms with van der Waals surface area (Å²) in [4.78, 5) is 2.70. The number of likely N-dealkylation sites (tertiary alicyclic amines) is 1. The zero-order valence-corrected chi connectivity index (χ0v) is 10.2. The van der Waals surface area contributed by atoms with Crippen molar-refractivity contribution in [2.45, 2.75) is 64.6 Å². The minimum Gasteiger partial charge on any atom is -0.316 e. The third-order valence-electron chi connectivity index (χ3n) is 3.76. The molecule has 1 aliphatic rings. The highest BCUT2D eigenvalue weighted by Gasteiger charge is 2.29. The van der Waals surface area contributed by atoms with Crippen LogP contribution in [0.2, 0.25) is 0 Å². The van der Waals surface area contributed by atoms with Crippen LogP contribution in [0.15, 0.2) is 0 Å². The van der Waals surface area contributed by atoms with Gasteiger partial charge in [-0.15, -0.1) is 0 Å². The van der Waals surface area contributed by atoms with Crippen LogP contribution in [-0.2, 0) is 0 Å². The van der Waals surface area contributed by atoms with Gasteiger partial charge in [-0.1, -0.05) is 13.8 Å². The minimum absolute atomic E-state index is 0.671. The maximum atomic E-state index is 3.40. The Morgan fingerprint density at radius 2 is 2.07 bits per heavy atom. The van der Waals surface area contributed by atoms with Crippen LogP contribution in [0.25, 0.3) is 0 Å². The van der Waals surface area contributed by atoms with Gasteiger partial charge in [-0.25, -0.2) is 0 Å². The number of hydrogen-bond donors (Lipinski definition) is 1. The molecule has 0 aromatic carbocycles. The SMILES string of the molecule is CCC(CN1C(C)CCC1CC)NC. The molecule has 0 spiro atoms. The van der Waals surface area contributed by atoms with Gasteiger partial charge in [0.25, 0.3) is 0 Å². The summed E-state index contributed by atoms with van der Waals surface area (Å²) in [6, 6.07) is 2.30. The molecule has 0 aromatic heterocycles. The highest BCUT2D eigenvalue weighted by atomic mass is 15.2. The molecule has 14 heavy (non-hydrogen) atoms. The van der Waals surface area contributed by atoms with Crippen LogP contribution in [0.4, 0.5) is 0 Å². The summed E-state index contributed by atoms with van der Waals surface area (Å²) in [6.45, 7) is 8.18. The van der Waals surface area contributed by atoms with E-state index in [9.17, 15) is 0 Å². The lowest BCUT2D eigenvalue weighted by atomic mass is 10.1. The Hall–Kier alpha value is -0.0800. The van der Waals surface area contributed by atoms with Crippen molar-refractivity contribution < 1.29 is 0 Å². The molecule has 1 rings (SSSR count). The Balaban J connectivity index is 2.47. The zero-order chi connectivity index (χ0) is 10.6. The molecule has 0 aromatic rings. The van der Waals surface area contributed by atoms with Crippen LogP contribution < -0.4 is 5.32 Å². The molecule has 0 amide bonds. The first kappa shape index (κ1) is 12.0. The topological polar surface area (TPSA) is 15.3 Å². The molecule has 1 N–H and O–H groups in total. The smallest absolute Gasteiger partial charge is 0.0189 e. The second-order valence-electron chi connectivity index (χ2n) is 4.58. The molecule has 0 radical (unpaired) electrons. The van der Waals surface area contributed by atoms with E-state index in [2.05, 4.69) is 38.0 Å². The number of nitrogens with zero attached hydrogens (tertiary/aromatic N) is 1. The Kier molecular flexibility index (Phi) is 4.90. The first-order chi connectivity index (χ1) is 6.72. The summed E-state index contributed by atoms with van der Waals surface area (Å²) in [6.07, 6.45) is 5.33. The van der Waals surface area contributed by atoms with Crippen molar-refractivity contribution in [2.75, 3.05) is 13.6 Å². The molecule has 1 fully saturated rings. The average molecular weight is 198 g/mol. The molecule has 0 saturated carbocycles. The maximum absolute atomic E-state index is 3.40. The molecule has 1 heterocycles. The van der Waals surface area contributed by atoms with Gasteiger partial charge in [0.15, 0.2) is 0 Å². The second kappa shape index (κ2) is 5.72. The summed E-state index contributed by atoms with van der Waals surface area (Å²) in [5.74, 6) is 0. The zero-order valence-electron chi connectivity index (χ0n) is 10.2. The summed E-state index contributed by atoms with van der Waals surface area (Å²) in [5.41, 5.74) is 0. The third kappa shape index (κ3) is 2.71. The van der Waals surface area contributed by atoms with Crippen LogP contribution in [-0.4, -0.2) is 36.6 Å². The largest absolute Gasteiger partial charge is 0.316 e. The monoisotopic (exact) mass is 198 g/mol. The fourth-order valence-corrected chi connectivity index (χ4v) is 2.57. The van der Waals surface area contributed by atoms with E-state index < -0.39 is 0 Å². The van der Waals surface area contributed by atoms with Crippen molar-refractivity contribution in [3.8, 4) is 0 Å². The third-order valence-corrected chi connectivity index (χ3v) is 3.76. The molecule has 0 bridgehead atoms. The van der Waals surface area contributed by atoms with E-state index in [1.807, 2.05) is 0 Å². The summed E-state index contributed by atoms with van der Waals surface area (Å²) in [5, 5.41) is 3.40. The van der Waals surface area contributed by atoms with Crippen LogP contribution in [0.3, 0.4) is 0 Å². The molecule has 2 heteroatoms. The average Bonchev–Trinajstić information content (AvgIpc) is 2.56. The fourth-order valence-electron chi connectivity index (χ4n) is 2.57. The minimum atomic E-state index is 0.671. The Labute approximate surface area is 89.1 Å². The van der Waals surface area contributed by atoms with Gasteiger partial charge in [0, 0.05) is 24.7 Å². The first-order valence-corrected chi connectivity index (χ1v) is 6.15. The van der Waals surface area contributed by atoms with Gasteiger partial charge in [0.1, 0.15) is 0 Å². The van der Waals surface area contributed by atoms with E-state index in [0.29, 0.717) is 6.04 Å². The van der Waals surface area contributed by atoms with Crippen LogP contribution in [0.5, 0.6) is 0 Å². The van der Waals surface area contributed by atoms with Crippen LogP contribution in [0, 0.1) is 0 Å². The van der Waals surface area contributed by atoms with E-state index in [-0.39, 0.29) is 0 Å². The summed E-state index contributed by atoms with van der Waals surface area (Å²) < 4.78 is 0. The van der Waals surface area contributed by atoms with Crippen molar-refractivity contribution >= 4 is 0 Å². The van der Waals surface area contributed by atoms with Crippen molar-refractivity contribution in [3.63, 3.8) is 0 Å². The molecular weight excluding hydrogens is 172 g/mol. The van der Waals surface area contributed by atoms with E-state index in [1.54, 1.807) is 0 Å². The molecule has 1 saturated heterocycles. The molecule has 2 nitrogen and oxygen atoms in total. The second-order valence-corrected chi connectivity index (χ2v) is 4.58. The first-order valence-electron chi connectivity index (χ1n) is 6.15. The van der Waals surface area contributed by atoms with Gasteiger partial charge in [-0.2, -0.15) is 0 Å². The van der Waals surface area contributed by atoms with Crippen molar-refractivity contribution in [1.29, 1.82) is 0 Å². The molecule has 0 aliphatic carbocycles. The lowest BCUT2D eigenvalue weighted by molar-refractivity contribution is 0.177. The quantitative estimate of drug-likeness (QED) is 0.729. The Morgan fingerprint density at radius 3 is 2.57 bits per heavy atom. The summed E-state index contributed by atoms with van der Waals surface area (Å²) in [7, 11) is 2.08. The molecule has 1 aliphatic heterocycles. The lowest BCUT2D eigenvalue weighted by Crippen LogP contribution is -2.44. The lowest BCUT2D eigenvalue weighted by Gasteiger charge is -2.31. The van der Waals surface area contributed by atoms with Gasteiger partial charge in [0.05, 0.1) is 0 Å². The Morgan fingerprint density at radius 1 is 1.36 bits per heavy atom. The molecule has 3 atom stereocenters.